The molecular formula is C23H22F3N5O4S. The van der Waals surface area contributed by atoms with Gasteiger partial charge in [0.2, 0.25) is 11.0 Å². The number of rotatable bonds is 7. The van der Waals surface area contributed by atoms with Gasteiger partial charge in [-0.15, -0.1) is 23.4 Å². The highest BCUT2D eigenvalue weighted by molar-refractivity contribution is 7.18. The van der Waals surface area contributed by atoms with E-state index in [0.717, 1.165) is 40.7 Å². The SMILES string of the molecule is Cc1ccccc1-c1nnc(NC(=O)c2ccc(OC(F)(F)F)c(NC(=O)CN3CCOCC3)c2)s1. The van der Waals surface area contributed by atoms with Crippen LogP contribution in [0.2, 0.25) is 0 Å². The molecular weight excluding hydrogens is 499 g/mol. The van der Waals surface area contributed by atoms with Crippen LogP contribution in [0, 0.1) is 6.92 Å². The summed E-state index contributed by atoms with van der Waals surface area (Å²) >= 11 is 1.16. The molecule has 2 aromatic carbocycles. The Bertz CT molecular complexity index is 1240. The van der Waals surface area contributed by atoms with Crippen molar-refractivity contribution in [3.8, 4) is 16.3 Å². The lowest BCUT2D eigenvalue weighted by atomic mass is 10.1. The third-order valence-electron chi connectivity index (χ3n) is 5.23. The Hall–Kier alpha value is -3.55. The van der Waals surface area contributed by atoms with Crippen molar-refractivity contribution < 1.29 is 32.2 Å². The number of morpholine rings is 1. The molecule has 0 aliphatic carbocycles. The van der Waals surface area contributed by atoms with Gasteiger partial charge in [0, 0.05) is 24.2 Å². The first-order valence-electron chi connectivity index (χ1n) is 10.9. The fourth-order valence-corrected chi connectivity index (χ4v) is 4.33. The summed E-state index contributed by atoms with van der Waals surface area (Å²) < 4.78 is 48.0. The number of hydrogen-bond donors (Lipinski definition) is 2. The maximum Gasteiger partial charge on any atom is 0.573 e. The lowest BCUT2D eigenvalue weighted by molar-refractivity contribution is -0.274. The van der Waals surface area contributed by atoms with E-state index in [-0.39, 0.29) is 22.9 Å². The summed E-state index contributed by atoms with van der Waals surface area (Å²) in [7, 11) is 0. The molecule has 0 spiro atoms. The van der Waals surface area contributed by atoms with E-state index in [1.54, 1.807) is 4.90 Å². The molecule has 1 aliphatic heterocycles. The van der Waals surface area contributed by atoms with E-state index in [4.69, 9.17) is 4.74 Å². The second-order valence-corrected chi connectivity index (χ2v) is 8.85. The molecule has 4 rings (SSSR count). The molecule has 190 valence electrons. The monoisotopic (exact) mass is 521 g/mol. The lowest BCUT2D eigenvalue weighted by Gasteiger charge is -2.26. The Balaban J connectivity index is 1.50. The van der Waals surface area contributed by atoms with Gasteiger partial charge in [-0.25, -0.2) is 0 Å². The topological polar surface area (TPSA) is 106 Å². The zero-order chi connectivity index (χ0) is 25.7. The zero-order valence-corrected chi connectivity index (χ0v) is 19.9. The summed E-state index contributed by atoms with van der Waals surface area (Å²) in [6.07, 6.45) is -4.98. The Morgan fingerprint density at radius 2 is 1.86 bits per heavy atom. The van der Waals surface area contributed by atoms with Gasteiger partial charge in [-0.3, -0.25) is 19.8 Å². The Morgan fingerprint density at radius 3 is 2.58 bits per heavy atom. The minimum atomic E-state index is -4.98. The molecule has 2 heterocycles. The van der Waals surface area contributed by atoms with Gasteiger partial charge in [0.25, 0.3) is 5.91 Å². The first kappa shape index (κ1) is 25.5. The summed E-state index contributed by atoms with van der Waals surface area (Å²) in [5.41, 5.74) is 1.58. The summed E-state index contributed by atoms with van der Waals surface area (Å²) in [4.78, 5) is 27.1. The minimum Gasteiger partial charge on any atom is -0.404 e. The molecule has 2 amide bonds. The molecule has 0 bridgehead atoms. The fraction of sp³-hybridized carbons (Fsp3) is 0.304. The van der Waals surface area contributed by atoms with Crippen LogP contribution in [0.3, 0.4) is 0 Å². The molecule has 0 unspecified atom stereocenters. The van der Waals surface area contributed by atoms with Crippen LogP contribution in [-0.4, -0.2) is 66.1 Å². The van der Waals surface area contributed by atoms with E-state index in [9.17, 15) is 22.8 Å². The Labute approximate surface area is 208 Å². The van der Waals surface area contributed by atoms with Crippen LogP contribution in [0.1, 0.15) is 15.9 Å². The van der Waals surface area contributed by atoms with Crippen molar-refractivity contribution in [1.82, 2.24) is 15.1 Å². The number of benzene rings is 2. The number of ether oxygens (including phenoxy) is 2. The van der Waals surface area contributed by atoms with Gasteiger partial charge in [-0.05, 0) is 30.7 Å². The molecule has 2 N–H and O–H groups in total. The van der Waals surface area contributed by atoms with Crippen LogP contribution in [-0.2, 0) is 9.53 Å². The number of nitrogens with zero attached hydrogens (tertiary/aromatic N) is 3. The number of aryl methyl sites for hydroxylation is 1. The van der Waals surface area contributed by atoms with E-state index in [1.165, 1.54) is 0 Å². The molecule has 9 nitrogen and oxygen atoms in total. The highest BCUT2D eigenvalue weighted by atomic mass is 32.1. The zero-order valence-electron chi connectivity index (χ0n) is 19.1. The average Bonchev–Trinajstić information content (AvgIpc) is 3.28. The van der Waals surface area contributed by atoms with Crippen molar-refractivity contribution >= 4 is 34.0 Å². The number of alkyl halides is 3. The fourth-order valence-electron chi connectivity index (χ4n) is 3.50. The molecule has 36 heavy (non-hydrogen) atoms. The maximum absolute atomic E-state index is 12.9. The van der Waals surface area contributed by atoms with Crippen LogP contribution in [0.4, 0.5) is 24.0 Å². The first-order chi connectivity index (χ1) is 17.2. The van der Waals surface area contributed by atoms with Crippen LogP contribution in [0.25, 0.3) is 10.6 Å². The standard InChI is InChI=1S/C23H22F3N5O4S/c1-14-4-2-3-5-16(14)21-29-30-22(36-21)28-20(33)15-6-7-18(35-23(24,25)26)17(12-15)27-19(32)13-31-8-10-34-11-9-31/h2-7,12H,8-11,13H2,1H3,(H,27,32)(H,28,30,33). The van der Waals surface area contributed by atoms with Gasteiger partial charge in [-0.2, -0.15) is 0 Å². The van der Waals surface area contributed by atoms with E-state index >= 15 is 0 Å². The number of halogens is 3. The van der Waals surface area contributed by atoms with Crippen molar-refractivity contribution in [2.75, 3.05) is 43.5 Å². The minimum absolute atomic E-state index is 0.00108. The molecule has 1 aliphatic rings. The van der Waals surface area contributed by atoms with Crippen LogP contribution in [0.5, 0.6) is 5.75 Å². The Kier molecular flexibility index (Phi) is 7.82. The maximum atomic E-state index is 12.9. The van der Waals surface area contributed by atoms with Crippen LogP contribution >= 0.6 is 11.3 Å². The summed E-state index contributed by atoms with van der Waals surface area (Å²) in [6, 6.07) is 10.8. The summed E-state index contributed by atoms with van der Waals surface area (Å²) in [5, 5.41) is 13.9. The number of carbonyl (C=O) groups is 2. The quantitative estimate of drug-likeness (QED) is 0.485. The second-order valence-electron chi connectivity index (χ2n) is 7.88. The third kappa shape index (κ3) is 6.77. The molecule has 1 aromatic heterocycles. The predicted octanol–water partition coefficient (Wildman–Crippen LogP) is 3.94. The van der Waals surface area contributed by atoms with Gasteiger partial charge < -0.3 is 14.8 Å². The number of anilines is 2. The molecule has 3 aromatic rings. The van der Waals surface area contributed by atoms with Crippen molar-refractivity contribution in [3.63, 3.8) is 0 Å². The molecule has 0 atom stereocenters. The number of carbonyl (C=O) groups excluding carboxylic acids is 2. The van der Waals surface area contributed by atoms with Gasteiger partial charge in [0.1, 0.15) is 5.01 Å². The number of amides is 2. The van der Waals surface area contributed by atoms with Crippen molar-refractivity contribution in [2.24, 2.45) is 0 Å². The van der Waals surface area contributed by atoms with Crippen molar-refractivity contribution in [1.29, 1.82) is 0 Å². The van der Waals surface area contributed by atoms with Crippen molar-refractivity contribution in [2.45, 2.75) is 13.3 Å². The lowest BCUT2D eigenvalue weighted by Crippen LogP contribution is -2.41. The first-order valence-corrected chi connectivity index (χ1v) is 11.7. The third-order valence-corrected chi connectivity index (χ3v) is 6.11. The summed E-state index contributed by atoms with van der Waals surface area (Å²) in [5.74, 6) is -1.81. The Morgan fingerprint density at radius 1 is 1.11 bits per heavy atom. The average molecular weight is 522 g/mol. The van der Waals surface area contributed by atoms with Crippen molar-refractivity contribution in [3.05, 3.63) is 53.6 Å². The van der Waals surface area contributed by atoms with Gasteiger partial charge in [0.05, 0.1) is 25.4 Å². The highest BCUT2D eigenvalue weighted by Gasteiger charge is 2.32. The molecule has 0 radical (unpaired) electrons. The van der Waals surface area contributed by atoms with E-state index < -0.39 is 23.9 Å². The summed E-state index contributed by atoms with van der Waals surface area (Å²) in [6.45, 7) is 3.85. The smallest absolute Gasteiger partial charge is 0.404 e. The highest BCUT2D eigenvalue weighted by Crippen LogP contribution is 2.32. The number of aromatic nitrogens is 2. The van der Waals surface area contributed by atoms with E-state index in [2.05, 4.69) is 25.6 Å². The predicted molar refractivity (Wildman–Crippen MR) is 127 cm³/mol. The van der Waals surface area contributed by atoms with Gasteiger partial charge >= 0.3 is 6.36 Å². The van der Waals surface area contributed by atoms with Gasteiger partial charge in [-0.1, -0.05) is 35.6 Å². The normalized spacial score (nSPS) is 14.3. The largest absolute Gasteiger partial charge is 0.573 e. The second kappa shape index (κ2) is 11.0. The number of hydrogen-bond acceptors (Lipinski definition) is 8. The van der Waals surface area contributed by atoms with Crippen LogP contribution < -0.4 is 15.4 Å². The number of nitrogens with one attached hydrogen (secondary N) is 2. The molecule has 1 fully saturated rings. The van der Waals surface area contributed by atoms with E-state index in [1.807, 2.05) is 31.2 Å². The molecule has 0 saturated carbocycles. The molecule has 13 heteroatoms. The van der Waals surface area contributed by atoms with Gasteiger partial charge in [0.15, 0.2) is 5.75 Å². The van der Waals surface area contributed by atoms with Crippen LogP contribution in [0.15, 0.2) is 42.5 Å². The molecule has 1 saturated heterocycles. The van der Waals surface area contributed by atoms with E-state index in [0.29, 0.717) is 31.3 Å².